The monoisotopic (exact) mass is 617 g/mol. The number of carbonyl (C=O) groups is 2. The second-order valence-electron chi connectivity index (χ2n) is 9.42. The smallest absolute Gasteiger partial charge is 0.244 e. The van der Waals surface area contributed by atoms with Crippen molar-refractivity contribution in [2.75, 3.05) is 17.1 Å². The van der Waals surface area contributed by atoms with Crippen LogP contribution in [0.25, 0.3) is 0 Å². The molecular formula is C29H33BrFN3O4S. The zero-order chi connectivity index (χ0) is 28.6. The predicted molar refractivity (Wildman–Crippen MR) is 155 cm³/mol. The standard InChI is InChI=1S/C29H33BrFN3O4S/c1-4-21(2)32-29(36)27(18-22-8-6-5-7-9-22)33(19-23-10-14-25(31)15-11-23)28(35)20-34(39(3,37)38)26-16-12-24(30)13-17-26/h5-17,21,27H,4,18-20H2,1-3H3,(H,32,36)/t21-,27-/m0/s1. The highest BCUT2D eigenvalue weighted by atomic mass is 79.9. The first-order chi connectivity index (χ1) is 18.5. The summed E-state index contributed by atoms with van der Waals surface area (Å²) in [5.74, 6) is -1.34. The molecule has 10 heteroatoms. The zero-order valence-corrected chi connectivity index (χ0v) is 24.6. The number of amides is 2. The Morgan fingerprint density at radius 3 is 2.13 bits per heavy atom. The van der Waals surface area contributed by atoms with Crippen molar-refractivity contribution in [3.8, 4) is 0 Å². The molecule has 0 saturated carbocycles. The zero-order valence-electron chi connectivity index (χ0n) is 22.2. The van der Waals surface area contributed by atoms with Gasteiger partial charge < -0.3 is 10.2 Å². The summed E-state index contributed by atoms with van der Waals surface area (Å²) in [5.41, 5.74) is 1.76. The van der Waals surface area contributed by atoms with Crippen LogP contribution in [0.2, 0.25) is 0 Å². The van der Waals surface area contributed by atoms with Crippen LogP contribution in [0.4, 0.5) is 10.1 Å². The minimum atomic E-state index is -3.85. The van der Waals surface area contributed by atoms with Gasteiger partial charge >= 0.3 is 0 Å². The summed E-state index contributed by atoms with van der Waals surface area (Å²) in [6.07, 6.45) is 1.94. The number of carbonyl (C=O) groups excluding carboxylic acids is 2. The van der Waals surface area contributed by atoms with Gasteiger partial charge in [0.2, 0.25) is 21.8 Å². The SMILES string of the molecule is CC[C@H](C)NC(=O)[C@H](Cc1ccccc1)N(Cc1ccc(F)cc1)C(=O)CN(c1ccc(Br)cc1)S(C)(=O)=O. The lowest BCUT2D eigenvalue weighted by atomic mass is 10.0. The van der Waals surface area contributed by atoms with Crippen LogP contribution in [0.5, 0.6) is 0 Å². The van der Waals surface area contributed by atoms with Gasteiger partial charge in [0.1, 0.15) is 18.4 Å². The van der Waals surface area contributed by atoms with Crippen LogP contribution in [-0.4, -0.2) is 50.0 Å². The molecule has 1 N–H and O–H groups in total. The predicted octanol–water partition coefficient (Wildman–Crippen LogP) is 4.91. The van der Waals surface area contributed by atoms with E-state index in [1.807, 2.05) is 44.2 Å². The average Bonchev–Trinajstić information content (AvgIpc) is 2.90. The molecule has 0 aromatic heterocycles. The Labute approximate surface area is 238 Å². The van der Waals surface area contributed by atoms with Crippen LogP contribution in [0.3, 0.4) is 0 Å². The molecule has 3 aromatic rings. The van der Waals surface area contributed by atoms with E-state index in [1.165, 1.54) is 17.0 Å². The molecule has 3 aromatic carbocycles. The number of benzene rings is 3. The number of nitrogens with zero attached hydrogens (tertiary/aromatic N) is 2. The van der Waals surface area contributed by atoms with Crippen LogP contribution in [0.15, 0.2) is 83.3 Å². The Morgan fingerprint density at radius 1 is 0.949 bits per heavy atom. The molecule has 0 fully saturated rings. The highest BCUT2D eigenvalue weighted by Crippen LogP contribution is 2.22. The number of sulfonamides is 1. The summed E-state index contributed by atoms with van der Waals surface area (Å²) in [5, 5.41) is 2.97. The molecule has 39 heavy (non-hydrogen) atoms. The van der Waals surface area contributed by atoms with Gasteiger partial charge in [-0.25, -0.2) is 12.8 Å². The molecule has 0 heterocycles. The Bertz CT molecular complexity index is 1350. The second kappa shape index (κ2) is 13.7. The van der Waals surface area contributed by atoms with Crippen LogP contribution in [0, 0.1) is 5.82 Å². The molecule has 0 aliphatic heterocycles. The van der Waals surface area contributed by atoms with Crippen molar-refractivity contribution in [3.05, 3.63) is 100 Å². The van der Waals surface area contributed by atoms with Gasteiger partial charge in [0, 0.05) is 23.5 Å². The van der Waals surface area contributed by atoms with E-state index < -0.39 is 34.3 Å². The first kappa shape index (κ1) is 30.3. The van der Waals surface area contributed by atoms with E-state index >= 15 is 0 Å². The quantitative estimate of drug-likeness (QED) is 0.313. The third-order valence-electron chi connectivity index (χ3n) is 6.33. The highest BCUT2D eigenvalue weighted by molar-refractivity contribution is 9.10. The average molecular weight is 619 g/mol. The number of anilines is 1. The van der Waals surface area contributed by atoms with Crippen LogP contribution in [-0.2, 0) is 32.6 Å². The lowest BCUT2D eigenvalue weighted by molar-refractivity contribution is -0.140. The molecule has 3 rings (SSSR count). The summed E-state index contributed by atoms with van der Waals surface area (Å²) in [6, 6.07) is 20.5. The number of halogens is 2. The molecule has 7 nitrogen and oxygen atoms in total. The molecule has 0 radical (unpaired) electrons. The molecule has 0 aliphatic rings. The molecule has 0 bridgehead atoms. The molecule has 0 unspecified atom stereocenters. The second-order valence-corrected chi connectivity index (χ2v) is 12.2. The Balaban J connectivity index is 2.04. The maximum Gasteiger partial charge on any atom is 0.244 e. The Hall–Kier alpha value is -3.24. The number of rotatable bonds is 12. The van der Waals surface area contributed by atoms with Gasteiger partial charge in [0.25, 0.3) is 0 Å². The van der Waals surface area contributed by atoms with Gasteiger partial charge in [-0.15, -0.1) is 0 Å². The van der Waals surface area contributed by atoms with Crippen molar-refractivity contribution < 1.29 is 22.4 Å². The number of hydrogen-bond acceptors (Lipinski definition) is 4. The fourth-order valence-electron chi connectivity index (χ4n) is 4.00. The summed E-state index contributed by atoms with van der Waals surface area (Å²) in [7, 11) is -3.85. The third-order valence-corrected chi connectivity index (χ3v) is 8.00. The molecule has 2 amide bonds. The topological polar surface area (TPSA) is 86.8 Å². The van der Waals surface area contributed by atoms with E-state index in [0.717, 1.165) is 20.6 Å². The van der Waals surface area contributed by atoms with Gasteiger partial charge in [0.05, 0.1) is 11.9 Å². The number of nitrogens with one attached hydrogen (secondary N) is 1. The van der Waals surface area contributed by atoms with Crippen LogP contribution >= 0.6 is 15.9 Å². The molecular weight excluding hydrogens is 585 g/mol. The van der Waals surface area contributed by atoms with Crippen molar-refractivity contribution in [2.45, 2.75) is 45.3 Å². The Morgan fingerprint density at radius 2 is 1.56 bits per heavy atom. The van der Waals surface area contributed by atoms with E-state index in [-0.39, 0.29) is 24.9 Å². The summed E-state index contributed by atoms with van der Waals surface area (Å²) in [4.78, 5) is 28.9. The van der Waals surface area contributed by atoms with Crippen molar-refractivity contribution in [1.82, 2.24) is 10.2 Å². The van der Waals surface area contributed by atoms with Crippen LogP contribution in [0.1, 0.15) is 31.4 Å². The lowest BCUT2D eigenvalue weighted by Crippen LogP contribution is -2.54. The molecule has 2 atom stereocenters. The molecule has 0 aliphatic carbocycles. The highest BCUT2D eigenvalue weighted by Gasteiger charge is 2.33. The molecule has 0 saturated heterocycles. The van der Waals surface area contributed by atoms with Gasteiger partial charge in [-0.05, 0) is 60.9 Å². The van der Waals surface area contributed by atoms with E-state index in [0.29, 0.717) is 17.7 Å². The van der Waals surface area contributed by atoms with Crippen molar-refractivity contribution in [2.24, 2.45) is 0 Å². The van der Waals surface area contributed by atoms with Gasteiger partial charge in [0.15, 0.2) is 0 Å². The fourth-order valence-corrected chi connectivity index (χ4v) is 5.12. The van der Waals surface area contributed by atoms with Crippen molar-refractivity contribution in [3.63, 3.8) is 0 Å². The normalized spacial score (nSPS) is 12.8. The van der Waals surface area contributed by atoms with Gasteiger partial charge in [-0.2, -0.15) is 0 Å². The minimum absolute atomic E-state index is 0.0114. The maximum absolute atomic E-state index is 14.0. The Kier molecular flexibility index (Phi) is 10.7. The van der Waals surface area contributed by atoms with E-state index in [1.54, 1.807) is 36.4 Å². The maximum atomic E-state index is 14.0. The van der Waals surface area contributed by atoms with Crippen LogP contribution < -0.4 is 9.62 Å². The number of hydrogen-bond donors (Lipinski definition) is 1. The molecule has 208 valence electrons. The fraction of sp³-hybridized carbons (Fsp3) is 0.310. The van der Waals surface area contributed by atoms with Gasteiger partial charge in [-0.3, -0.25) is 13.9 Å². The van der Waals surface area contributed by atoms with E-state index in [9.17, 15) is 22.4 Å². The summed E-state index contributed by atoms with van der Waals surface area (Å²) < 4.78 is 41.0. The first-order valence-electron chi connectivity index (χ1n) is 12.6. The van der Waals surface area contributed by atoms with Gasteiger partial charge in [-0.1, -0.05) is 65.3 Å². The minimum Gasteiger partial charge on any atom is -0.352 e. The van der Waals surface area contributed by atoms with Crippen molar-refractivity contribution in [1.29, 1.82) is 0 Å². The largest absolute Gasteiger partial charge is 0.352 e. The summed E-state index contributed by atoms with van der Waals surface area (Å²) in [6.45, 7) is 3.30. The van der Waals surface area contributed by atoms with E-state index in [4.69, 9.17) is 0 Å². The lowest BCUT2D eigenvalue weighted by Gasteiger charge is -2.34. The summed E-state index contributed by atoms with van der Waals surface area (Å²) >= 11 is 3.34. The molecule has 0 spiro atoms. The van der Waals surface area contributed by atoms with Crippen molar-refractivity contribution >= 4 is 43.5 Å². The third kappa shape index (κ3) is 8.90. The van der Waals surface area contributed by atoms with E-state index in [2.05, 4.69) is 21.2 Å². The first-order valence-corrected chi connectivity index (χ1v) is 15.2.